The van der Waals surface area contributed by atoms with Crippen molar-refractivity contribution in [2.24, 2.45) is 0 Å². The van der Waals surface area contributed by atoms with Gasteiger partial charge in [-0.2, -0.15) is 0 Å². The van der Waals surface area contributed by atoms with E-state index in [1.54, 1.807) is 19.1 Å². The summed E-state index contributed by atoms with van der Waals surface area (Å²) in [6, 6.07) is 11.2. The van der Waals surface area contributed by atoms with E-state index in [0.29, 0.717) is 12.2 Å². The maximum absolute atomic E-state index is 11.2. The highest BCUT2D eigenvalue weighted by Gasteiger charge is 2.02. The van der Waals surface area contributed by atoms with Gasteiger partial charge < -0.3 is 9.84 Å². The number of hydrogen-bond acceptors (Lipinski definition) is 3. The van der Waals surface area contributed by atoms with Crippen LogP contribution < -0.4 is 0 Å². The van der Waals surface area contributed by atoms with E-state index in [0.717, 1.165) is 10.8 Å². The third-order valence-electron chi connectivity index (χ3n) is 2.58. The Bertz CT molecular complexity index is 600. The number of fused-ring (bicyclic) bond motifs is 1. The molecule has 2 aromatic rings. The van der Waals surface area contributed by atoms with Crippen molar-refractivity contribution in [3.63, 3.8) is 0 Å². The van der Waals surface area contributed by atoms with E-state index < -0.39 is 5.97 Å². The molecule has 0 aromatic heterocycles. The summed E-state index contributed by atoms with van der Waals surface area (Å²) in [6.45, 7) is 2.09. The fraction of sp³-hybridized carbons (Fsp3) is 0.133. The largest absolute Gasteiger partial charge is 0.507 e. The van der Waals surface area contributed by atoms with E-state index in [2.05, 4.69) is 0 Å². The first-order valence-electron chi connectivity index (χ1n) is 5.77. The van der Waals surface area contributed by atoms with Crippen molar-refractivity contribution in [3.05, 3.63) is 48.0 Å². The van der Waals surface area contributed by atoms with E-state index in [1.807, 2.05) is 30.3 Å². The summed E-state index contributed by atoms with van der Waals surface area (Å²) in [4.78, 5) is 11.2. The average molecular weight is 242 g/mol. The van der Waals surface area contributed by atoms with Crippen molar-refractivity contribution in [1.82, 2.24) is 0 Å². The number of rotatable bonds is 3. The Balaban J connectivity index is 2.33. The second-order valence-electron chi connectivity index (χ2n) is 3.84. The van der Waals surface area contributed by atoms with Crippen LogP contribution in [-0.2, 0) is 9.53 Å². The zero-order chi connectivity index (χ0) is 13.0. The molecule has 0 bridgehead atoms. The number of aromatic hydroxyl groups is 1. The molecule has 0 spiro atoms. The molecule has 2 rings (SSSR count). The minimum absolute atomic E-state index is 0.147. The Morgan fingerprint density at radius 3 is 2.61 bits per heavy atom. The monoisotopic (exact) mass is 242 g/mol. The van der Waals surface area contributed by atoms with Crippen molar-refractivity contribution in [2.45, 2.75) is 6.92 Å². The first kappa shape index (κ1) is 12.2. The molecule has 0 unspecified atom stereocenters. The van der Waals surface area contributed by atoms with Gasteiger partial charge in [0.1, 0.15) is 5.75 Å². The predicted molar refractivity (Wildman–Crippen MR) is 71.3 cm³/mol. The molecule has 0 heterocycles. The molecule has 0 amide bonds. The first-order valence-corrected chi connectivity index (χ1v) is 5.77. The number of phenols is 1. The van der Waals surface area contributed by atoms with Crippen LogP contribution in [0.1, 0.15) is 12.5 Å². The molecule has 0 fully saturated rings. The number of carbonyl (C=O) groups is 1. The number of esters is 1. The Morgan fingerprint density at radius 2 is 1.94 bits per heavy atom. The minimum atomic E-state index is -0.412. The van der Waals surface area contributed by atoms with E-state index in [4.69, 9.17) is 4.74 Å². The van der Waals surface area contributed by atoms with Crippen LogP contribution >= 0.6 is 0 Å². The summed E-state index contributed by atoms with van der Waals surface area (Å²) in [5.41, 5.74) is 0.599. The summed E-state index contributed by atoms with van der Waals surface area (Å²) in [5.74, 6) is -0.265. The van der Waals surface area contributed by atoms with E-state index >= 15 is 0 Å². The zero-order valence-corrected chi connectivity index (χ0v) is 10.1. The van der Waals surface area contributed by atoms with Gasteiger partial charge in [-0.3, -0.25) is 0 Å². The molecule has 0 atom stereocenters. The molecule has 0 saturated heterocycles. The zero-order valence-electron chi connectivity index (χ0n) is 10.1. The van der Waals surface area contributed by atoms with E-state index in [1.165, 1.54) is 6.08 Å². The Morgan fingerprint density at radius 1 is 1.28 bits per heavy atom. The Hall–Kier alpha value is -2.29. The van der Waals surface area contributed by atoms with Gasteiger partial charge in [-0.1, -0.05) is 24.3 Å². The van der Waals surface area contributed by atoms with Crippen molar-refractivity contribution >= 4 is 22.8 Å². The summed E-state index contributed by atoms with van der Waals surface area (Å²) in [7, 11) is 0. The third-order valence-corrected chi connectivity index (χ3v) is 2.58. The van der Waals surface area contributed by atoms with Crippen molar-refractivity contribution in [3.8, 4) is 5.75 Å². The fourth-order valence-corrected chi connectivity index (χ4v) is 1.73. The van der Waals surface area contributed by atoms with Crippen LogP contribution in [0, 0.1) is 0 Å². The summed E-state index contributed by atoms with van der Waals surface area (Å²) in [6.07, 6.45) is 2.87. The van der Waals surface area contributed by atoms with Crippen LogP contribution in [0.5, 0.6) is 5.75 Å². The lowest BCUT2D eigenvalue weighted by Gasteiger charge is -2.03. The van der Waals surface area contributed by atoms with Gasteiger partial charge in [0.15, 0.2) is 0 Å². The van der Waals surface area contributed by atoms with Crippen LogP contribution in [0.4, 0.5) is 0 Å². The van der Waals surface area contributed by atoms with Crippen LogP contribution in [0.3, 0.4) is 0 Å². The molecule has 0 aliphatic heterocycles. The van der Waals surface area contributed by atoms with Gasteiger partial charge in [0.25, 0.3) is 0 Å². The van der Waals surface area contributed by atoms with Crippen LogP contribution in [0.2, 0.25) is 0 Å². The molecule has 0 radical (unpaired) electrons. The molecule has 3 heteroatoms. The highest BCUT2D eigenvalue weighted by Crippen LogP contribution is 2.25. The van der Waals surface area contributed by atoms with Gasteiger partial charge in [0, 0.05) is 11.6 Å². The van der Waals surface area contributed by atoms with Crippen LogP contribution in [-0.4, -0.2) is 17.7 Å². The molecule has 3 nitrogen and oxygen atoms in total. The van der Waals surface area contributed by atoms with Gasteiger partial charge in [0.05, 0.1) is 6.61 Å². The lowest BCUT2D eigenvalue weighted by molar-refractivity contribution is -0.137. The van der Waals surface area contributed by atoms with Gasteiger partial charge in [0.2, 0.25) is 0 Å². The number of benzene rings is 2. The SMILES string of the molecule is CCOC(=O)/C=C/c1cc2ccccc2cc1O. The molecule has 2 aromatic carbocycles. The Kier molecular flexibility index (Phi) is 3.63. The van der Waals surface area contributed by atoms with E-state index in [-0.39, 0.29) is 5.75 Å². The van der Waals surface area contributed by atoms with Crippen LogP contribution in [0.25, 0.3) is 16.8 Å². The van der Waals surface area contributed by atoms with Crippen molar-refractivity contribution < 1.29 is 14.6 Å². The molecule has 0 aliphatic rings. The maximum atomic E-state index is 11.2. The second-order valence-corrected chi connectivity index (χ2v) is 3.84. The van der Waals surface area contributed by atoms with Crippen molar-refractivity contribution in [1.29, 1.82) is 0 Å². The second kappa shape index (κ2) is 5.36. The van der Waals surface area contributed by atoms with Gasteiger partial charge >= 0.3 is 5.97 Å². The molecule has 18 heavy (non-hydrogen) atoms. The lowest BCUT2D eigenvalue weighted by atomic mass is 10.1. The van der Waals surface area contributed by atoms with Gasteiger partial charge in [-0.15, -0.1) is 0 Å². The molecule has 92 valence electrons. The average Bonchev–Trinajstić information content (AvgIpc) is 2.36. The first-order chi connectivity index (χ1) is 8.70. The molecule has 0 saturated carbocycles. The summed E-state index contributed by atoms with van der Waals surface area (Å²) >= 11 is 0. The molecule has 0 aliphatic carbocycles. The normalized spacial score (nSPS) is 10.9. The number of hydrogen-bond donors (Lipinski definition) is 1. The van der Waals surface area contributed by atoms with Gasteiger partial charge in [-0.05, 0) is 35.9 Å². The van der Waals surface area contributed by atoms with E-state index in [9.17, 15) is 9.90 Å². The summed E-state index contributed by atoms with van der Waals surface area (Å²) in [5, 5.41) is 11.8. The highest BCUT2D eigenvalue weighted by molar-refractivity contribution is 5.91. The fourth-order valence-electron chi connectivity index (χ4n) is 1.73. The van der Waals surface area contributed by atoms with Gasteiger partial charge in [-0.25, -0.2) is 4.79 Å². The van der Waals surface area contributed by atoms with Crippen molar-refractivity contribution in [2.75, 3.05) is 6.61 Å². The highest BCUT2D eigenvalue weighted by atomic mass is 16.5. The van der Waals surface area contributed by atoms with Crippen LogP contribution in [0.15, 0.2) is 42.5 Å². The lowest BCUT2D eigenvalue weighted by Crippen LogP contribution is -1.98. The molecular weight excluding hydrogens is 228 g/mol. The molecular formula is C15H14O3. The maximum Gasteiger partial charge on any atom is 0.330 e. The smallest absolute Gasteiger partial charge is 0.330 e. The molecule has 1 N–H and O–H groups in total. The predicted octanol–water partition coefficient (Wildman–Crippen LogP) is 3.12. The number of ether oxygens (including phenoxy) is 1. The summed E-state index contributed by atoms with van der Waals surface area (Å²) < 4.78 is 4.78. The Labute approximate surface area is 105 Å². The quantitative estimate of drug-likeness (QED) is 0.664. The standard InChI is InChI=1S/C15H14O3/c1-2-18-15(17)8-7-13-9-11-5-3-4-6-12(11)10-14(13)16/h3-10,16H,2H2,1H3/b8-7+. The minimum Gasteiger partial charge on any atom is -0.507 e. The topological polar surface area (TPSA) is 46.5 Å². The number of phenolic OH excluding ortho intramolecular Hbond substituents is 1. The third kappa shape index (κ3) is 2.69. The number of carbonyl (C=O) groups excluding carboxylic acids is 1.